The maximum absolute atomic E-state index is 5.82. The van der Waals surface area contributed by atoms with Crippen molar-refractivity contribution in [2.75, 3.05) is 37.6 Å². The van der Waals surface area contributed by atoms with Crippen molar-refractivity contribution in [2.45, 2.75) is 18.6 Å². The SMILES string of the molecule is CC1(C)CN=C(N2CCN(c3ncc(Cl)cn3)CC2)S1. The van der Waals surface area contributed by atoms with E-state index in [0.29, 0.717) is 5.02 Å². The van der Waals surface area contributed by atoms with E-state index in [4.69, 9.17) is 11.6 Å². The van der Waals surface area contributed by atoms with Gasteiger partial charge in [-0.1, -0.05) is 23.4 Å². The average Bonchev–Trinajstić information content (AvgIpc) is 2.80. The van der Waals surface area contributed by atoms with Gasteiger partial charge in [0.05, 0.1) is 24.0 Å². The summed E-state index contributed by atoms with van der Waals surface area (Å²) >= 11 is 7.70. The third-order valence-corrected chi connectivity index (χ3v) is 4.85. The standard InChI is InChI=1S/C13H18ClN5S/c1-13(2)9-17-12(20-13)19-5-3-18(4-6-19)11-15-7-10(14)8-16-11/h7-8H,3-6,9H2,1-2H3. The predicted molar refractivity (Wildman–Crippen MR) is 84.8 cm³/mol. The molecule has 0 bridgehead atoms. The Labute approximate surface area is 128 Å². The minimum Gasteiger partial charge on any atom is -0.348 e. The second kappa shape index (κ2) is 5.41. The zero-order valence-corrected chi connectivity index (χ0v) is 13.3. The van der Waals surface area contributed by atoms with Gasteiger partial charge in [-0.2, -0.15) is 0 Å². The van der Waals surface area contributed by atoms with Gasteiger partial charge in [0.2, 0.25) is 5.95 Å². The quantitative estimate of drug-likeness (QED) is 0.795. The highest BCUT2D eigenvalue weighted by molar-refractivity contribution is 8.15. The van der Waals surface area contributed by atoms with Gasteiger partial charge >= 0.3 is 0 Å². The number of aliphatic imine (C=N–C) groups is 1. The van der Waals surface area contributed by atoms with Crippen molar-refractivity contribution < 1.29 is 0 Å². The van der Waals surface area contributed by atoms with Crippen molar-refractivity contribution >= 4 is 34.5 Å². The minimum absolute atomic E-state index is 0.242. The molecule has 1 saturated heterocycles. The summed E-state index contributed by atoms with van der Waals surface area (Å²) in [6.07, 6.45) is 3.30. The molecule has 0 aliphatic carbocycles. The number of hydrogen-bond acceptors (Lipinski definition) is 6. The van der Waals surface area contributed by atoms with Crippen LogP contribution in [0.1, 0.15) is 13.8 Å². The molecule has 0 saturated carbocycles. The minimum atomic E-state index is 0.242. The number of nitrogens with zero attached hydrogens (tertiary/aromatic N) is 5. The van der Waals surface area contributed by atoms with Gasteiger partial charge in [-0.05, 0) is 13.8 Å². The largest absolute Gasteiger partial charge is 0.348 e. The zero-order valence-electron chi connectivity index (χ0n) is 11.7. The lowest BCUT2D eigenvalue weighted by atomic mass is 10.2. The highest BCUT2D eigenvalue weighted by atomic mass is 35.5. The monoisotopic (exact) mass is 311 g/mol. The van der Waals surface area contributed by atoms with Crippen LogP contribution >= 0.6 is 23.4 Å². The van der Waals surface area contributed by atoms with Crippen molar-refractivity contribution in [1.29, 1.82) is 0 Å². The van der Waals surface area contributed by atoms with E-state index in [1.165, 1.54) is 5.17 Å². The van der Waals surface area contributed by atoms with Gasteiger partial charge in [-0.25, -0.2) is 9.97 Å². The molecule has 3 heterocycles. The highest BCUT2D eigenvalue weighted by Crippen LogP contribution is 2.33. The Morgan fingerprint density at radius 1 is 1.10 bits per heavy atom. The van der Waals surface area contributed by atoms with Crippen LogP contribution in [-0.2, 0) is 0 Å². The second-order valence-corrected chi connectivity index (χ2v) is 7.75. The van der Waals surface area contributed by atoms with Gasteiger partial charge in [-0.3, -0.25) is 4.99 Å². The van der Waals surface area contributed by atoms with Crippen LogP contribution in [0.4, 0.5) is 5.95 Å². The summed E-state index contributed by atoms with van der Waals surface area (Å²) in [5.74, 6) is 0.760. The van der Waals surface area contributed by atoms with Crippen LogP contribution in [0.2, 0.25) is 5.02 Å². The van der Waals surface area contributed by atoms with E-state index in [1.807, 2.05) is 11.8 Å². The van der Waals surface area contributed by atoms with Gasteiger partial charge in [0.15, 0.2) is 5.17 Å². The number of rotatable bonds is 1. The number of aromatic nitrogens is 2. The van der Waals surface area contributed by atoms with E-state index < -0.39 is 0 Å². The fourth-order valence-corrected chi connectivity index (χ4v) is 3.46. The summed E-state index contributed by atoms with van der Waals surface area (Å²) in [6, 6.07) is 0. The first kappa shape index (κ1) is 13.9. The fourth-order valence-electron chi connectivity index (χ4n) is 2.30. The topological polar surface area (TPSA) is 44.6 Å². The summed E-state index contributed by atoms with van der Waals surface area (Å²) in [6.45, 7) is 9.16. The van der Waals surface area contributed by atoms with Crippen molar-refractivity contribution in [1.82, 2.24) is 14.9 Å². The number of hydrogen-bond donors (Lipinski definition) is 0. The average molecular weight is 312 g/mol. The Morgan fingerprint density at radius 2 is 1.70 bits per heavy atom. The molecular weight excluding hydrogens is 294 g/mol. The summed E-state index contributed by atoms with van der Waals surface area (Å²) in [4.78, 5) is 17.8. The normalized spacial score (nSPS) is 22.1. The predicted octanol–water partition coefficient (Wildman–Crippen LogP) is 2.13. The molecule has 0 N–H and O–H groups in total. The van der Waals surface area contributed by atoms with Crippen molar-refractivity contribution in [3.63, 3.8) is 0 Å². The summed E-state index contributed by atoms with van der Waals surface area (Å²) in [7, 11) is 0. The lowest BCUT2D eigenvalue weighted by Crippen LogP contribution is -2.48. The molecule has 0 spiro atoms. The number of thioether (sulfide) groups is 1. The van der Waals surface area contributed by atoms with Crippen molar-refractivity contribution in [3.8, 4) is 0 Å². The first-order chi connectivity index (χ1) is 9.53. The van der Waals surface area contributed by atoms with Gasteiger partial charge < -0.3 is 9.80 Å². The number of piperazine rings is 1. The lowest BCUT2D eigenvalue weighted by molar-refractivity contribution is 0.389. The van der Waals surface area contributed by atoms with Crippen LogP contribution in [-0.4, -0.2) is 57.5 Å². The molecule has 20 heavy (non-hydrogen) atoms. The second-order valence-electron chi connectivity index (χ2n) is 5.64. The molecule has 1 fully saturated rings. The van der Waals surface area contributed by atoms with E-state index in [9.17, 15) is 0 Å². The van der Waals surface area contributed by atoms with E-state index in [0.717, 1.165) is 38.7 Å². The summed E-state index contributed by atoms with van der Waals surface area (Å²) < 4.78 is 0.242. The van der Waals surface area contributed by atoms with Crippen LogP contribution in [0.3, 0.4) is 0 Å². The molecule has 1 aromatic heterocycles. The zero-order chi connectivity index (χ0) is 14.2. The van der Waals surface area contributed by atoms with Gasteiger partial charge in [0.1, 0.15) is 0 Å². The molecule has 0 radical (unpaired) electrons. The van der Waals surface area contributed by atoms with Crippen molar-refractivity contribution in [2.24, 2.45) is 4.99 Å². The molecule has 108 valence electrons. The first-order valence-electron chi connectivity index (χ1n) is 6.74. The summed E-state index contributed by atoms with van der Waals surface area (Å²) in [5, 5.41) is 1.76. The molecule has 5 nitrogen and oxygen atoms in total. The third-order valence-electron chi connectivity index (χ3n) is 3.40. The maximum Gasteiger partial charge on any atom is 0.225 e. The van der Waals surface area contributed by atoms with Gasteiger partial charge in [0, 0.05) is 30.9 Å². The van der Waals surface area contributed by atoms with Crippen LogP contribution in [0.5, 0.6) is 0 Å². The summed E-state index contributed by atoms with van der Waals surface area (Å²) in [5.41, 5.74) is 0. The van der Waals surface area contributed by atoms with E-state index in [1.54, 1.807) is 12.4 Å². The first-order valence-corrected chi connectivity index (χ1v) is 7.94. The lowest BCUT2D eigenvalue weighted by Gasteiger charge is -2.35. The molecule has 0 aromatic carbocycles. The Bertz CT molecular complexity index is 508. The molecule has 0 amide bonds. The van der Waals surface area contributed by atoms with E-state index in [-0.39, 0.29) is 4.75 Å². The molecule has 1 aromatic rings. The highest BCUT2D eigenvalue weighted by Gasteiger charge is 2.31. The van der Waals surface area contributed by atoms with Crippen molar-refractivity contribution in [3.05, 3.63) is 17.4 Å². The number of amidine groups is 1. The molecule has 0 atom stereocenters. The number of anilines is 1. The Hall–Kier alpha value is -1.01. The number of halogens is 1. The third kappa shape index (κ3) is 3.01. The van der Waals surface area contributed by atoms with E-state index in [2.05, 4.69) is 38.6 Å². The van der Waals surface area contributed by atoms with Crippen LogP contribution < -0.4 is 4.90 Å². The molecular formula is C13H18ClN5S. The van der Waals surface area contributed by atoms with Crippen LogP contribution in [0, 0.1) is 0 Å². The Balaban J connectivity index is 1.59. The molecule has 2 aliphatic heterocycles. The maximum atomic E-state index is 5.82. The molecule has 3 rings (SSSR count). The fraction of sp³-hybridized carbons (Fsp3) is 0.615. The van der Waals surface area contributed by atoms with Crippen LogP contribution in [0.15, 0.2) is 17.4 Å². The van der Waals surface area contributed by atoms with Crippen LogP contribution in [0.25, 0.3) is 0 Å². The van der Waals surface area contributed by atoms with Gasteiger partial charge in [0.25, 0.3) is 0 Å². The Morgan fingerprint density at radius 3 is 2.25 bits per heavy atom. The smallest absolute Gasteiger partial charge is 0.225 e. The van der Waals surface area contributed by atoms with Gasteiger partial charge in [-0.15, -0.1) is 0 Å². The van der Waals surface area contributed by atoms with E-state index >= 15 is 0 Å². The molecule has 0 unspecified atom stereocenters. The Kier molecular flexibility index (Phi) is 3.77. The molecule has 7 heteroatoms. The molecule has 2 aliphatic rings.